The molecular weight excluding hydrogens is 542 g/mol. The van der Waals surface area contributed by atoms with E-state index in [9.17, 15) is 14.7 Å². The zero-order valence-corrected chi connectivity index (χ0v) is 24.9. The number of oxazole rings is 1. The van der Waals surface area contributed by atoms with Crippen LogP contribution >= 0.6 is 11.3 Å². The van der Waals surface area contributed by atoms with Gasteiger partial charge in [0.2, 0.25) is 5.06 Å². The first kappa shape index (κ1) is 30.0. The highest BCUT2D eigenvalue weighted by molar-refractivity contribution is 7.11. The van der Waals surface area contributed by atoms with Crippen LogP contribution < -0.4 is 9.64 Å². The van der Waals surface area contributed by atoms with Crippen LogP contribution in [-0.4, -0.2) is 82.8 Å². The highest BCUT2D eigenvalue weighted by atomic mass is 32.1. The third kappa shape index (κ3) is 7.62. The maximum absolute atomic E-state index is 13.8. The van der Waals surface area contributed by atoms with Crippen molar-refractivity contribution >= 4 is 40.5 Å². The lowest BCUT2D eigenvalue weighted by atomic mass is 9.99. The highest BCUT2D eigenvalue weighted by Gasteiger charge is 2.32. The van der Waals surface area contributed by atoms with Gasteiger partial charge in [-0.3, -0.25) is 4.79 Å². The molecule has 218 valence electrons. The minimum Gasteiger partial charge on any atom is -0.423 e. The number of aliphatic hydroxyl groups excluding tert-OH is 1. The molecule has 0 spiro atoms. The van der Waals surface area contributed by atoms with Crippen LogP contribution in [0, 0.1) is 5.92 Å². The number of aromatic nitrogens is 2. The Morgan fingerprint density at radius 2 is 1.85 bits per heavy atom. The molecule has 10 nitrogen and oxygen atoms in total. The molecule has 2 amide bonds. The molecule has 2 aromatic heterocycles. The van der Waals surface area contributed by atoms with E-state index >= 15 is 0 Å². The van der Waals surface area contributed by atoms with E-state index in [1.165, 1.54) is 22.4 Å². The molecule has 41 heavy (non-hydrogen) atoms. The Kier molecular flexibility index (Phi) is 9.95. The number of hydrogen-bond acceptors (Lipinski definition) is 9. The third-order valence-corrected chi connectivity index (χ3v) is 7.47. The Bertz CT molecular complexity index is 1430. The molecule has 11 heteroatoms. The zero-order chi connectivity index (χ0) is 29.5. The summed E-state index contributed by atoms with van der Waals surface area (Å²) in [5, 5.41) is 11.9. The van der Waals surface area contributed by atoms with Gasteiger partial charge in [0.1, 0.15) is 5.52 Å². The average molecular weight is 580 g/mol. The Balaban J connectivity index is 1.58. The minimum absolute atomic E-state index is 0.0188. The van der Waals surface area contributed by atoms with Crippen LogP contribution in [0.2, 0.25) is 0 Å². The smallest absolute Gasteiger partial charge is 0.416 e. The summed E-state index contributed by atoms with van der Waals surface area (Å²) in [5.41, 5.74) is 4.14. The highest BCUT2D eigenvalue weighted by Crippen LogP contribution is 2.24. The molecule has 1 N–H and O–H groups in total. The summed E-state index contributed by atoms with van der Waals surface area (Å²) in [6.45, 7) is 7.19. The molecule has 0 saturated carbocycles. The van der Waals surface area contributed by atoms with Gasteiger partial charge in [0.25, 0.3) is 11.9 Å². The Labute approximate surface area is 244 Å². The van der Waals surface area contributed by atoms with Crippen molar-refractivity contribution in [2.75, 3.05) is 38.6 Å². The average Bonchev–Trinajstić information content (AvgIpc) is 3.64. The van der Waals surface area contributed by atoms with Crippen LogP contribution in [0.1, 0.15) is 36.7 Å². The van der Waals surface area contributed by atoms with Gasteiger partial charge < -0.3 is 29.0 Å². The maximum Gasteiger partial charge on any atom is 0.416 e. The third-order valence-electron chi connectivity index (χ3n) is 6.82. The Morgan fingerprint density at radius 3 is 2.51 bits per heavy atom. The van der Waals surface area contributed by atoms with E-state index in [4.69, 9.17) is 9.15 Å². The minimum atomic E-state index is -1.06. The van der Waals surface area contributed by atoms with E-state index in [1.807, 2.05) is 63.1 Å². The molecule has 0 unspecified atom stereocenters. The number of benzene rings is 2. The monoisotopic (exact) mass is 579 g/mol. The summed E-state index contributed by atoms with van der Waals surface area (Å²) in [5.74, 6) is -0.0960. The van der Waals surface area contributed by atoms with E-state index < -0.39 is 18.2 Å². The van der Waals surface area contributed by atoms with Crippen molar-refractivity contribution in [3.05, 3.63) is 71.4 Å². The van der Waals surface area contributed by atoms with Crippen LogP contribution in [0.3, 0.4) is 0 Å². The quantitative estimate of drug-likeness (QED) is 0.251. The van der Waals surface area contributed by atoms with Crippen molar-refractivity contribution in [1.82, 2.24) is 19.8 Å². The number of carbonyl (C=O) groups excluding carboxylic acids is 2. The molecular formula is C30H37N5O5S. The van der Waals surface area contributed by atoms with E-state index in [1.54, 1.807) is 35.7 Å². The summed E-state index contributed by atoms with van der Waals surface area (Å²) in [6, 6.07) is 14.6. The number of amides is 2. The van der Waals surface area contributed by atoms with Crippen molar-refractivity contribution < 1.29 is 23.8 Å². The summed E-state index contributed by atoms with van der Waals surface area (Å²) >= 11 is 1.21. The summed E-state index contributed by atoms with van der Waals surface area (Å²) in [6.07, 6.45) is 0.171. The Hall–Kier alpha value is -3.96. The fourth-order valence-corrected chi connectivity index (χ4v) is 4.96. The molecule has 0 aliphatic heterocycles. The zero-order valence-electron chi connectivity index (χ0n) is 24.1. The number of carbonyl (C=O) groups is 2. The molecule has 0 aliphatic rings. The summed E-state index contributed by atoms with van der Waals surface area (Å²) in [7, 11) is 3.48. The van der Waals surface area contributed by atoms with E-state index in [2.05, 4.69) is 9.97 Å². The lowest BCUT2D eigenvalue weighted by molar-refractivity contribution is 0.0303. The van der Waals surface area contributed by atoms with E-state index in [-0.39, 0.29) is 18.4 Å². The molecule has 0 radical (unpaired) electrons. The van der Waals surface area contributed by atoms with Crippen LogP contribution in [0.15, 0.2) is 64.7 Å². The fraction of sp³-hybridized carbons (Fsp3) is 0.400. The van der Waals surface area contributed by atoms with Crippen molar-refractivity contribution in [2.45, 2.75) is 39.3 Å². The second-order valence-electron chi connectivity index (χ2n) is 10.4. The van der Waals surface area contributed by atoms with Crippen LogP contribution in [0.5, 0.6) is 5.06 Å². The van der Waals surface area contributed by atoms with Gasteiger partial charge in [0.15, 0.2) is 5.58 Å². The maximum atomic E-state index is 13.8. The predicted molar refractivity (Wildman–Crippen MR) is 160 cm³/mol. The normalized spacial score (nSPS) is 12.8. The van der Waals surface area contributed by atoms with Gasteiger partial charge in [-0.1, -0.05) is 55.5 Å². The molecule has 0 saturated heterocycles. The Morgan fingerprint density at radius 1 is 1.10 bits per heavy atom. The fourth-order valence-electron chi connectivity index (χ4n) is 4.49. The molecule has 4 rings (SSSR count). The number of fused-ring (bicyclic) bond motifs is 1. The number of rotatable bonds is 12. The first-order valence-electron chi connectivity index (χ1n) is 13.6. The van der Waals surface area contributed by atoms with Gasteiger partial charge in [-0.25, -0.2) is 9.78 Å². The SMILES string of the molecule is CCN(C)c1nc2ccc(C(=O)N(CC(C)C)C[C@@H](O)[C@H](Cc3ccccc3)N(C)C(=O)Oc3cncs3)cc2o1. The predicted octanol–water partition coefficient (Wildman–Crippen LogP) is 4.94. The van der Waals surface area contributed by atoms with Gasteiger partial charge >= 0.3 is 6.09 Å². The number of ether oxygens (including phenoxy) is 1. The summed E-state index contributed by atoms with van der Waals surface area (Å²) in [4.78, 5) is 40.2. The van der Waals surface area contributed by atoms with Crippen LogP contribution in [-0.2, 0) is 6.42 Å². The number of thiazole rings is 1. The summed E-state index contributed by atoms with van der Waals surface area (Å²) < 4.78 is 11.4. The van der Waals surface area contributed by atoms with Crippen molar-refractivity contribution in [1.29, 1.82) is 0 Å². The molecule has 0 aliphatic carbocycles. The lowest BCUT2D eigenvalue weighted by Crippen LogP contribution is -2.52. The molecule has 2 aromatic carbocycles. The topological polar surface area (TPSA) is 112 Å². The standard InChI is InChI=1S/C30H37N5O5S/c1-6-33(4)29-32-23-13-12-22(15-26(23)39-29)28(37)35(17-20(2)3)18-25(36)24(14-21-10-8-7-9-11-21)34(5)30(38)40-27-16-31-19-41-27/h7-13,15-16,19-20,24-25,36H,6,14,17-18H2,1-5H3/t24-,25+/m0/s1. The number of aliphatic hydroxyl groups is 1. The van der Waals surface area contributed by atoms with Crippen molar-refractivity contribution in [3.8, 4) is 5.06 Å². The van der Waals surface area contributed by atoms with Crippen molar-refractivity contribution in [3.63, 3.8) is 0 Å². The molecule has 2 atom stereocenters. The molecule has 4 aromatic rings. The van der Waals surface area contributed by atoms with Gasteiger partial charge in [0, 0.05) is 39.3 Å². The second kappa shape index (κ2) is 13.6. The number of anilines is 1. The van der Waals surface area contributed by atoms with Crippen LogP contribution in [0.25, 0.3) is 11.1 Å². The van der Waals surface area contributed by atoms with E-state index in [0.29, 0.717) is 40.7 Å². The van der Waals surface area contributed by atoms with Gasteiger partial charge in [-0.2, -0.15) is 4.98 Å². The molecule has 0 bridgehead atoms. The van der Waals surface area contributed by atoms with Gasteiger partial charge in [-0.15, -0.1) is 0 Å². The van der Waals surface area contributed by atoms with Gasteiger partial charge in [0.05, 0.1) is 23.9 Å². The largest absolute Gasteiger partial charge is 0.423 e. The van der Waals surface area contributed by atoms with Gasteiger partial charge in [-0.05, 0) is 43.0 Å². The molecule has 0 fully saturated rings. The second-order valence-corrected chi connectivity index (χ2v) is 11.3. The molecule has 2 heterocycles. The number of hydrogen-bond donors (Lipinski definition) is 1. The first-order valence-corrected chi connectivity index (χ1v) is 14.5. The first-order chi connectivity index (χ1) is 19.7. The lowest BCUT2D eigenvalue weighted by Gasteiger charge is -2.35. The van der Waals surface area contributed by atoms with Crippen molar-refractivity contribution in [2.24, 2.45) is 5.92 Å². The van der Waals surface area contributed by atoms with Crippen LogP contribution in [0.4, 0.5) is 10.8 Å². The number of likely N-dealkylation sites (N-methyl/N-ethyl adjacent to an activating group) is 1. The van der Waals surface area contributed by atoms with E-state index in [0.717, 1.165) is 12.1 Å². The number of nitrogens with zero attached hydrogens (tertiary/aromatic N) is 5.